The molecular formula is C29H50O3. The van der Waals surface area contributed by atoms with Crippen LogP contribution < -0.4 is 0 Å². The highest BCUT2D eigenvalue weighted by Gasteiger charge is 2.29. The quantitative estimate of drug-likeness (QED) is 0.261. The van der Waals surface area contributed by atoms with Crippen molar-refractivity contribution >= 4 is 11.6 Å². The third-order valence-corrected chi connectivity index (χ3v) is 7.51. The van der Waals surface area contributed by atoms with Crippen LogP contribution in [0.25, 0.3) is 0 Å². The zero-order valence-electron chi connectivity index (χ0n) is 22.3. The minimum absolute atomic E-state index is 0.0255. The second-order valence-electron chi connectivity index (χ2n) is 11.4. The van der Waals surface area contributed by atoms with E-state index in [1.165, 1.54) is 38.5 Å². The molecule has 0 aromatic heterocycles. The van der Waals surface area contributed by atoms with E-state index in [4.69, 9.17) is 0 Å². The number of aliphatic hydroxyl groups is 1. The van der Waals surface area contributed by atoms with Crippen molar-refractivity contribution in [1.29, 1.82) is 0 Å². The summed E-state index contributed by atoms with van der Waals surface area (Å²) in [6.45, 7) is 16.4. The number of carbonyl (C=O) groups is 2. The highest BCUT2D eigenvalue weighted by molar-refractivity contribution is 6.24. The molecule has 184 valence electrons. The Labute approximate surface area is 198 Å². The summed E-state index contributed by atoms with van der Waals surface area (Å²) in [5.41, 5.74) is 1.46. The Hall–Kier alpha value is -1.22. The van der Waals surface area contributed by atoms with Gasteiger partial charge in [-0.1, -0.05) is 79.1 Å². The Bertz CT molecular complexity index is 693. The van der Waals surface area contributed by atoms with Crippen molar-refractivity contribution in [3.8, 4) is 0 Å². The predicted molar refractivity (Wildman–Crippen MR) is 136 cm³/mol. The number of allylic oxidation sites excluding steroid dienone is 4. The third-order valence-electron chi connectivity index (χ3n) is 7.51. The van der Waals surface area contributed by atoms with Crippen LogP contribution >= 0.6 is 0 Å². The molecule has 32 heavy (non-hydrogen) atoms. The van der Waals surface area contributed by atoms with E-state index < -0.39 is 5.60 Å². The number of hydrogen-bond acceptors (Lipinski definition) is 3. The zero-order valence-corrected chi connectivity index (χ0v) is 22.3. The van der Waals surface area contributed by atoms with Crippen LogP contribution in [-0.2, 0) is 9.59 Å². The van der Waals surface area contributed by atoms with Gasteiger partial charge in [0.15, 0.2) is 11.6 Å². The minimum atomic E-state index is -0.800. The molecule has 1 aliphatic rings. The maximum atomic E-state index is 12.6. The summed E-state index contributed by atoms with van der Waals surface area (Å²) in [6.07, 6.45) is 11.8. The number of hydrogen-bond donors (Lipinski definition) is 1. The summed E-state index contributed by atoms with van der Waals surface area (Å²) >= 11 is 0. The number of carbonyl (C=O) groups excluding carboxylic acids is 2. The smallest absolute Gasteiger partial charge is 0.185 e. The van der Waals surface area contributed by atoms with Gasteiger partial charge in [-0.3, -0.25) is 9.59 Å². The second-order valence-corrected chi connectivity index (χ2v) is 11.4. The molecular weight excluding hydrogens is 396 g/mol. The van der Waals surface area contributed by atoms with Crippen molar-refractivity contribution in [2.45, 2.75) is 132 Å². The van der Waals surface area contributed by atoms with E-state index in [1.807, 2.05) is 6.92 Å². The van der Waals surface area contributed by atoms with Crippen molar-refractivity contribution in [1.82, 2.24) is 0 Å². The summed E-state index contributed by atoms with van der Waals surface area (Å²) in [5.74, 6) is 2.28. The van der Waals surface area contributed by atoms with E-state index in [9.17, 15) is 14.7 Å². The van der Waals surface area contributed by atoms with Gasteiger partial charge in [0.2, 0.25) is 0 Å². The molecule has 0 fully saturated rings. The molecule has 2 unspecified atom stereocenters. The fraction of sp³-hybridized carbons (Fsp3) is 0.793. The first kappa shape index (κ1) is 28.8. The highest BCUT2D eigenvalue weighted by atomic mass is 16.3. The van der Waals surface area contributed by atoms with E-state index in [-0.39, 0.29) is 11.6 Å². The van der Waals surface area contributed by atoms with Gasteiger partial charge in [-0.15, -0.1) is 0 Å². The lowest BCUT2D eigenvalue weighted by Crippen LogP contribution is -2.27. The molecule has 0 heterocycles. The summed E-state index contributed by atoms with van der Waals surface area (Å²) in [6, 6.07) is 0. The third kappa shape index (κ3) is 9.73. The Kier molecular flexibility index (Phi) is 12.1. The molecule has 1 rings (SSSR count). The SMILES string of the molecule is CC1=C(C)C(=O)C(CC[C@@](C)(O)CCCC(C)CCCC(C)CCCC(C)C)=C(C)C1=O. The fourth-order valence-electron chi connectivity index (χ4n) is 4.79. The normalized spacial score (nSPS) is 19.1. The molecule has 3 atom stereocenters. The minimum Gasteiger partial charge on any atom is -0.390 e. The van der Waals surface area contributed by atoms with Gasteiger partial charge in [-0.25, -0.2) is 0 Å². The van der Waals surface area contributed by atoms with Gasteiger partial charge in [0.05, 0.1) is 5.60 Å². The summed E-state index contributed by atoms with van der Waals surface area (Å²) in [4.78, 5) is 24.9. The number of Topliss-reactive ketones (excluding diaryl/α,β-unsaturated/α-hetero) is 2. The lowest BCUT2D eigenvalue weighted by molar-refractivity contribution is -0.116. The molecule has 0 spiro atoms. The molecule has 0 saturated heterocycles. The highest BCUT2D eigenvalue weighted by Crippen LogP contribution is 2.31. The topological polar surface area (TPSA) is 54.4 Å². The number of rotatable bonds is 15. The molecule has 0 radical (unpaired) electrons. The van der Waals surface area contributed by atoms with Gasteiger partial charge in [0, 0.05) is 22.3 Å². The van der Waals surface area contributed by atoms with E-state index in [0.717, 1.165) is 31.1 Å². The fourth-order valence-corrected chi connectivity index (χ4v) is 4.79. The second kappa shape index (κ2) is 13.5. The largest absolute Gasteiger partial charge is 0.390 e. The molecule has 0 amide bonds. The molecule has 0 aliphatic heterocycles. The van der Waals surface area contributed by atoms with Gasteiger partial charge in [-0.05, 0) is 64.7 Å². The zero-order chi connectivity index (χ0) is 24.5. The van der Waals surface area contributed by atoms with Gasteiger partial charge in [0.1, 0.15) is 0 Å². The summed E-state index contributed by atoms with van der Waals surface area (Å²) < 4.78 is 0. The first-order chi connectivity index (χ1) is 14.9. The van der Waals surface area contributed by atoms with Crippen LogP contribution in [0.1, 0.15) is 126 Å². The maximum Gasteiger partial charge on any atom is 0.185 e. The Morgan fingerprint density at radius 2 is 1.16 bits per heavy atom. The van der Waals surface area contributed by atoms with Crippen LogP contribution in [0.5, 0.6) is 0 Å². The lowest BCUT2D eigenvalue weighted by atomic mass is 9.81. The summed E-state index contributed by atoms with van der Waals surface area (Å²) in [5, 5.41) is 10.9. The number of ketones is 2. The average Bonchev–Trinajstić information content (AvgIpc) is 2.70. The first-order valence-electron chi connectivity index (χ1n) is 13.0. The molecule has 3 nitrogen and oxygen atoms in total. The molecule has 0 saturated carbocycles. The van der Waals surface area contributed by atoms with Crippen molar-refractivity contribution in [3.05, 3.63) is 22.3 Å². The first-order valence-corrected chi connectivity index (χ1v) is 13.0. The summed E-state index contributed by atoms with van der Waals surface area (Å²) in [7, 11) is 0. The van der Waals surface area contributed by atoms with Crippen LogP contribution in [0.3, 0.4) is 0 Å². The predicted octanol–water partition coefficient (Wildman–Crippen LogP) is 7.76. The van der Waals surface area contributed by atoms with Crippen LogP contribution in [0.15, 0.2) is 22.3 Å². The van der Waals surface area contributed by atoms with Crippen LogP contribution in [0, 0.1) is 17.8 Å². The van der Waals surface area contributed by atoms with E-state index in [2.05, 4.69) is 27.7 Å². The molecule has 1 aliphatic carbocycles. The van der Waals surface area contributed by atoms with Crippen LogP contribution in [0.2, 0.25) is 0 Å². The van der Waals surface area contributed by atoms with Gasteiger partial charge < -0.3 is 5.11 Å². The van der Waals surface area contributed by atoms with Crippen LogP contribution in [0.4, 0.5) is 0 Å². The maximum absolute atomic E-state index is 12.6. The van der Waals surface area contributed by atoms with E-state index in [1.54, 1.807) is 20.8 Å². The monoisotopic (exact) mass is 446 g/mol. The Morgan fingerprint density at radius 1 is 0.688 bits per heavy atom. The standard InChI is InChI=1S/C29H50O3/c1-20(2)12-9-13-21(3)14-10-15-22(4)16-11-18-29(8,32)19-17-26-25(7)27(30)23(5)24(6)28(26)31/h20-22,32H,9-19H2,1-8H3/t21?,22?,29-/m0/s1. The van der Waals surface area contributed by atoms with E-state index in [0.29, 0.717) is 41.1 Å². The Morgan fingerprint density at radius 3 is 1.69 bits per heavy atom. The molecule has 0 aromatic carbocycles. The van der Waals surface area contributed by atoms with Crippen molar-refractivity contribution in [3.63, 3.8) is 0 Å². The van der Waals surface area contributed by atoms with Gasteiger partial charge in [0.25, 0.3) is 0 Å². The molecule has 0 aromatic rings. The van der Waals surface area contributed by atoms with Gasteiger partial charge in [-0.2, -0.15) is 0 Å². The molecule has 0 bridgehead atoms. The average molecular weight is 447 g/mol. The Balaban J connectivity index is 2.32. The van der Waals surface area contributed by atoms with E-state index >= 15 is 0 Å². The van der Waals surface area contributed by atoms with Crippen molar-refractivity contribution in [2.24, 2.45) is 17.8 Å². The van der Waals surface area contributed by atoms with Crippen LogP contribution in [-0.4, -0.2) is 22.3 Å². The van der Waals surface area contributed by atoms with Gasteiger partial charge >= 0.3 is 0 Å². The van der Waals surface area contributed by atoms with Crippen molar-refractivity contribution in [2.75, 3.05) is 0 Å². The molecule has 3 heteroatoms. The van der Waals surface area contributed by atoms with Crippen molar-refractivity contribution < 1.29 is 14.7 Å². The molecule has 1 N–H and O–H groups in total. The lowest BCUT2D eigenvalue weighted by Gasteiger charge is -2.26.